The molecule has 0 spiro atoms. The van der Waals surface area contributed by atoms with Gasteiger partial charge in [0.25, 0.3) is 5.91 Å². The third kappa shape index (κ3) is 4.18. The molecule has 1 saturated heterocycles. The quantitative estimate of drug-likeness (QED) is 0.465. The van der Waals surface area contributed by atoms with E-state index in [1.54, 1.807) is 4.90 Å². The van der Waals surface area contributed by atoms with Crippen LogP contribution in [0.2, 0.25) is 0 Å². The standard InChI is InChI=1S/C15H18N2O6/c1-22-15(19)11-5-6-13(12(9-11)17(20)21)23-10-14(18)16-7-3-2-4-8-16/h5-6,9H,2-4,7-8,10H2,1H3. The minimum atomic E-state index is -0.677. The Morgan fingerprint density at radius 2 is 1.96 bits per heavy atom. The van der Waals surface area contributed by atoms with Crippen molar-refractivity contribution in [2.75, 3.05) is 26.8 Å². The largest absolute Gasteiger partial charge is 0.477 e. The molecule has 1 amide bonds. The van der Waals surface area contributed by atoms with E-state index < -0.39 is 10.9 Å². The predicted octanol–water partition coefficient (Wildman–Crippen LogP) is 1.77. The summed E-state index contributed by atoms with van der Waals surface area (Å²) >= 11 is 0. The van der Waals surface area contributed by atoms with Crippen molar-refractivity contribution >= 4 is 17.6 Å². The fourth-order valence-electron chi connectivity index (χ4n) is 2.40. The van der Waals surface area contributed by atoms with Crippen molar-refractivity contribution in [2.45, 2.75) is 19.3 Å². The van der Waals surface area contributed by atoms with Gasteiger partial charge in [0, 0.05) is 19.2 Å². The van der Waals surface area contributed by atoms with Crippen LogP contribution >= 0.6 is 0 Å². The van der Waals surface area contributed by atoms with Gasteiger partial charge in [0.05, 0.1) is 17.6 Å². The van der Waals surface area contributed by atoms with Gasteiger partial charge in [-0.25, -0.2) is 4.79 Å². The highest BCUT2D eigenvalue weighted by Crippen LogP contribution is 2.28. The zero-order chi connectivity index (χ0) is 16.8. The normalized spacial score (nSPS) is 14.2. The van der Waals surface area contributed by atoms with Gasteiger partial charge in [-0.1, -0.05) is 0 Å². The maximum absolute atomic E-state index is 12.0. The number of rotatable bonds is 5. The molecule has 0 aliphatic carbocycles. The molecule has 1 aliphatic heterocycles. The lowest BCUT2D eigenvalue weighted by molar-refractivity contribution is -0.385. The molecule has 8 nitrogen and oxygen atoms in total. The van der Waals surface area contributed by atoms with Crippen LogP contribution in [0.4, 0.5) is 5.69 Å². The summed E-state index contributed by atoms with van der Waals surface area (Å²) in [7, 11) is 1.19. The van der Waals surface area contributed by atoms with Gasteiger partial charge < -0.3 is 14.4 Å². The lowest BCUT2D eigenvalue weighted by atomic mass is 10.1. The summed E-state index contributed by atoms with van der Waals surface area (Å²) in [5, 5.41) is 11.1. The fraction of sp³-hybridized carbons (Fsp3) is 0.467. The highest BCUT2D eigenvalue weighted by Gasteiger charge is 2.22. The van der Waals surface area contributed by atoms with Gasteiger partial charge in [-0.3, -0.25) is 14.9 Å². The molecule has 0 aromatic heterocycles. The van der Waals surface area contributed by atoms with Crippen LogP contribution in [-0.4, -0.2) is 48.5 Å². The summed E-state index contributed by atoms with van der Waals surface area (Å²) in [5.74, 6) is -0.923. The molecular weight excluding hydrogens is 304 g/mol. The molecule has 0 bridgehead atoms. The number of carbonyl (C=O) groups is 2. The summed E-state index contributed by atoms with van der Waals surface area (Å²) in [6.45, 7) is 1.11. The Labute approximate surface area is 133 Å². The lowest BCUT2D eigenvalue weighted by Crippen LogP contribution is -2.38. The molecule has 1 heterocycles. The highest BCUT2D eigenvalue weighted by atomic mass is 16.6. The molecule has 1 aromatic carbocycles. The smallest absolute Gasteiger partial charge is 0.338 e. The van der Waals surface area contributed by atoms with Crippen LogP contribution < -0.4 is 4.74 Å². The van der Waals surface area contributed by atoms with Crippen LogP contribution in [0.15, 0.2) is 18.2 Å². The van der Waals surface area contributed by atoms with Crippen LogP contribution in [0.1, 0.15) is 29.6 Å². The first kappa shape index (κ1) is 16.7. The maximum Gasteiger partial charge on any atom is 0.338 e. The van der Waals surface area contributed by atoms with Crippen molar-refractivity contribution in [2.24, 2.45) is 0 Å². The molecule has 0 radical (unpaired) electrons. The van der Waals surface area contributed by atoms with E-state index in [0.29, 0.717) is 13.1 Å². The van der Waals surface area contributed by atoms with Crippen molar-refractivity contribution in [3.05, 3.63) is 33.9 Å². The summed E-state index contributed by atoms with van der Waals surface area (Å²) < 4.78 is 9.82. The van der Waals surface area contributed by atoms with E-state index in [9.17, 15) is 19.7 Å². The number of ether oxygens (including phenoxy) is 2. The second-order valence-electron chi connectivity index (χ2n) is 5.16. The third-order valence-electron chi connectivity index (χ3n) is 3.64. The summed E-state index contributed by atoms with van der Waals surface area (Å²) in [4.78, 5) is 35.6. The first-order chi connectivity index (χ1) is 11.0. The fourth-order valence-corrected chi connectivity index (χ4v) is 2.40. The molecule has 1 fully saturated rings. The van der Waals surface area contributed by atoms with Gasteiger partial charge in [-0.05, 0) is 31.4 Å². The second kappa shape index (κ2) is 7.57. The molecule has 2 rings (SSSR count). The molecule has 23 heavy (non-hydrogen) atoms. The first-order valence-electron chi connectivity index (χ1n) is 7.30. The topological polar surface area (TPSA) is 99.0 Å². The van der Waals surface area contributed by atoms with Gasteiger partial charge in [-0.2, -0.15) is 0 Å². The molecule has 124 valence electrons. The van der Waals surface area contributed by atoms with E-state index in [1.165, 1.54) is 19.2 Å². The number of nitro groups is 1. The Morgan fingerprint density at radius 3 is 2.57 bits per heavy atom. The van der Waals surface area contributed by atoms with Crippen molar-refractivity contribution in [3.8, 4) is 5.75 Å². The number of nitrogens with zero attached hydrogens (tertiary/aromatic N) is 2. The lowest BCUT2D eigenvalue weighted by Gasteiger charge is -2.26. The van der Waals surface area contributed by atoms with Gasteiger partial charge in [-0.15, -0.1) is 0 Å². The van der Waals surface area contributed by atoms with Crippen LogP contribution in [-0.2, 0) is 9.53 Å². The van der Waals surface area contributed by atoms with E-state index in [4.69, 9.17) is 4.74 Å². The van der Waals surface area contributed by atoms with Gasteiger partial charge in [0.1, 0.15) is 0 Å². The number of methoxy groups -OCH3 is 1. The van der Waals surface area contributed by atoms with E-state index in [2.05, 4.69) is 4.74 Å². The van der Waals surface area contributed by atoms with Crippen LogP contribution in [0.3, 0.4) is 0 Å². The minimum Gasteiger partial charge on any atom is -0.477 e. The van der Waals surface area contributed by atoms with Crippen molar-refractivity contribution < 1.29 is 24.0 Å². The number of piperidine rings is 1. The summed E-state index contributed by atoms with van der Waals surface area (Å²) in [5.41, 5.74) is -0.326. The number of carbonyl (C=O) groups excluding carboxylic acids is 2. The second-order valence-corrected chi connectivity index (χ2v) is 5.16. The molecule has 0 N–H and O–H groups in total. The van der Waals surface area contributed by atoms with Crippen LogP contribution in [0, 0.1) is 10.1 Å². The Morgan fingerprint density at radius 1 is 1.26 bits per heavy atom. The van der Waals surface area contributed by atoms with E-state index >= 15 is 0 Å². The summed E-state index contributed by atoms with van der Waals surface area (Å²) in [6.07, 6.45) is 3.02. The molecule has 0 unspecified atom stereocenters. The molecule has 1 aromatic rings. The average Bonchev–Trinajstić information content (AvgIpc) is 2.59. The zero-order valence-electron chi connectivity index (χ0n) is 12.8. The Balaban J connectivity index is 2.08. The van der Waals surface area contributed by atoms with E-state index in [1.807, 2.05) is 0 Å². The summed E-state index contributed by atoms with van der Waals surface area (Å²) in [6, 6.07) is 3.74. The number of hydrogen-bond acceptors (Lipinski definition) is 6. The number of nitro benzene ring substituents is 1. The predicted molar refractivity (Wildman–Crippen MR) is 80.4 cm³/mol. The maximum atomic E-state index is 12.0. The molecule has 8 heteroatoms. The monoisotopic (exact) mass is 322 g/mol. The van der Waals surface area contributed by atoms with Gasteiger partial charge in [0.15, 0.2) is 12.4 Å². The highest BCUT2D eigenvalue weighted by molar-refractivity contribution is 5.90. The number of benzene rings is 1. The zero-order valence-corrected chi connectivity index (χ0v) is 12.8. The van der Waals surface area contributed by atoms with Crippen LogP contribution in [0.5, 0.6) is 5.75 Å². The van der Waals surface area contributed by atoms with Crippen LogP contribution in [0.25, 0.3) is 0 Å². The van der Waals surface area contributed by atoms with E-state index in [0.717, 1.165) is 25.3 Å². The Hall–Kier alpha value is -2.64. The minimum absolute atomic E-state index is 0.0481. The van der Waals surface area contributed by atoms with Crippen molar-refractivity contribution in [1.82, 2.24) is 4.90 Å². The SMILES string of the molecule is COC(=O)c1ccc(OCC(=O)N2CCCCC2)c([N+](=O)[O-])c1. The first-order valence-corrected chi connectivity index (χ1v) is 7.30. The molecule has 1 aliphatic rings. The number of amides is 1. The van der Waals surface area contributed by atoms with E-state index in [-0.39, 0.29) is 29.5 Å². The van der Waals surface area contributed by atoms with Gasteiger partial charge >= 0.3 is 11.7 Å². The molecular formula is C15H18N2O6. The number of esters is 1. The average molecular weight is 322 g/mol. The van der Waals surface area contributed by atoms with Gasteiger partial charge in [0.2, 0.25) is 0 Å². The van der Waals surface area contributed by atoms with Crippen molar-refractivity contribution in [1.29, 1.82) is 0 Å². The Kier molecular flexibility index (Phi) is 5.51. The molecule has 0 saturated carbocycles. The van der Waals surface area contributed by atoms with Crippen molar-refractivity contribution in [3.63, 3.8) is 0 Å². The number of hydrogen-bond donors (Lipinski definition) is 0. The number of likely N-dealkylation sites (tertiary alicyclic amines) is 1. The third-order valence-corrected chi connectivity index (χ3v) is 3.64. The molecule has 0 atom stereocenters. The Bertz CT molecular complexity index is 610.